The maximum absolute atomic E-state index is 4.79. The Kier molecular flexibility index (Phi) is 4.05. The third-order valence-electron chi connectivity index (χ3n) is 0.825. The van der Waals surface area contributed by atoms with Crippen molar-refractivity contribution in [2.24, 2.45) is 7.05 Å². The monoisotopic (exact) mass is 144 g/mol. The number of aryl methyl sites for hydroxylation is 1. The summed E-state index contributed by atoms with van der Waals surface area (Å²) >= 11 is 4.79. The summed E-state index contributed by atoms with van der Waals surface area (Å²) < 4.78 is 2.61. The molecule has 0 fully saturated rings. The first-order chi connectivity index (χ1) is 4.30. The Hall–Kier alpha value is -0.570. The van der Waals surface area contributed by atoms with Gasteiger partial charge in [-0.05, 0) is 12.2 Å². The second-order valence-corrected chi connectivity index (χ2v) is 1.76. The minimum atomic E-state index is 0.764. The van der Waals surface area contributed by atoms with Gasteiger partial charge in [-0.25, -0.2) is 0 Å². The van der Waals surface area contributed by atoms with E-state index in [-0.39, 0.29) is 0 Å². The van der Waals surface area contributed by atoms with E-state index in [9.17, 15) is 0 Å². The van der Waals surface area contributed by atoms with Gasteiger partial charge in [0.25, 0.3) is 0 Å². The highest BCUT2D eigenvalue weighted by Crippen LogP contribution is 1.81. The molecular weight excluding hydrogens is 132 g/mol. The lowest BCUT2D eigenvalue weighted by molar-refractivity contribution is 0.894. The number of hydrogen-bond donors (Lipinski definition) is 1. The molecule has 0 atom stereocenters. The van der Waals surface area contributed by atoms with Crippen molar-refractivity contribution in [1.82, 2.24) is 9.55 Å². The molecule has 0 bridgehead atoms. The number of nitrogens with one attached hydrogen (secondary N) is 1. The number of aromatic amines is 1. The van der Waals surface area contributed by atoms with Crippen LogP contribution in [0.3, 0.4) is 0 Å². The van der Waals surface area contributed by atoms with Crippen LogP contribution in [0.15, 0.2) is 12.4 Å². The lowest BCUT2D eigenvalue weighted by Crippen LogP contribution is -1.81. The van der Waals surface area contributed by atoms with Crippen molar-refractivity contribution in [2.75, 3.05) is 0 Å². The number of hydrogen-bond acceptors (Lipinski definition) is 1. The van der Waals surface area contributed by atoms with Crippen LogP contribution >= 0.6 is 12.2 Å². The molecule has 1 aromatic heterocycles. The molecule has 0 radical (unpaired) electrons. The van der Waals surface area contributed by atoms with E-state index in [4.69, 9.17) is 12.2 Å². The maximum Gasteiger partial charge on any atom is 0.176 e. The summed E-state index contributed by atoms with van der Waals surface area (Å²) in [6.07, 6.45) is 3.69. The number of imidazole rings is 1. The number of aromatic nitrogens is 2. The molecule has 2 nitrogen and oxygen atoms in total. The summed E-state index contributed by atoms with van der Waals surface area (Å²) in [6, 6.07) is 0. The molecule has 0 aromatic carbocycles. The van der Waals surface area contributed by atoms with Gasteiger partial charge in [0.1, 0.15) is 0 Å². The summed E-state index contributed by atoms with van der Waals surface area (Å²) in [7, 11) is 1.90. The van der Waals surface area contributed by atoms with Crippen molar-refractivity contribution in [3.8, 4) is 0 Å². The van der Waals surface area contributed by atoms with Crippen LogP contribution in [0.1, 0.15) is 13.8 Å². The fraction of sp³-hybridized carbons (Fsp3) is 0.500. The van der Waals surface area contributed by atoms with E-state index in [0.717, 1.165) is 4.77 Å². The van der Waals surface area contributed by atoms with Crippen LogP contribution in [-0.2, 0) is 7.05 Å². The first-order valence-corrected chi connectivity index (χ1v) is 3.41. The topological polar surface area (TPSA) is 20.7 Å². The Balaban J connectivity index is 0.000000291. The molecule has 0 spiro atoms. The number of nitrogens with zero attached hydrogens (tertiary/aromatic N) is 1. The number of H-pyrrole nitrogens is 1. The third-order valence-corrected chi connectivity index (χ3v) is 1.23. The smallest absolute Gasteiger partial charge is 0.176 e. The fourth-order valence-electron chi connectivity index (χ4n) is 0.390. The van der Waals surface area contributed by atoms with Crippen LogP contribution in [0, 0.1) is 4.77 Å². The van der Waals surface area contributed by atoms with Crippen molar-refractivity contribution in [3.05, 3.63) is 17.2 Å². The van der Waals surface area contributed by atoms with Crippen molar-refractivity contribution >= 4 is 12.2 Å². The van der Waals surface area contributed by atoms with Gasteiger partial charge in [0.2, 0.25) is 0 Å². The Morgan fingerprint density at radius 1 is 1.56 bits per heavy atom. The van der Waals surface area contributed by atoms with Crippen LogP contribution in [0.4, 0.5) is 0 Å². The quantitative estimate of drug-likeness (QED) is 0.553. The standard InChI is InChI=1S/C4H6N2S.C2H6/c1-6-3-2-5-4(6)7;1-2/h2-3H,1H3,(H,5,7);1-2H3. The minimum Gasteiger partial charge on any atom is -0.337 e. The summed E-state index contributed by atoms with van der Waals surface area (Å²) in [6.45, 7) is 4.00. The van der Waals surface area contributed by atoms with E-state index in [2.05, 4.69) is 4.98 Å². The highest BCUT2D eigenvalue weighted by Gasteiger charge is 1.76. The van der Waals surface area contributed by atoms with E-state index >= 15 is 0 Å². The van der Waals surface area contributed by atoms with Gasteiger partial charge >= 0.3 is 0 Å². The molecule has 0 aliphatic heterocycles. The summed E-state index contributed by atoms with van der Waals surface area (Å²) in [5.41, 5.74) is 0. The highest BCUT2D eigenvalue weighted by molar-refractivity contribution is 7.71. The predicted molar refractivity (Wildman–Crippen MR) is 41.9 cm³/mol. The molecule has 1 heterocycles. The third kappa shape index (κ3) is 2.46. The van der Waals surface area contributed by atoms with E-state index in [0.29, 0.717) is 0 Å². The van der Waals surface area contributed by atoms with Gasteiger partial charge in [-0.15, -0.1) is 0 Å². The highest BCUT2D eigenvalue weighted by atomic mass is 32.1. The van der Waals surface area contributed by atoms with Crippen LogP contribution < -0.4 is 0 Å². The summed E-state index contributed by atoms with van der Waals surface area (Å²) in [5, 5.41) is 0. The van der Waals surface area contributed by atoms with Crippen molar-refractivity contribution in [2.45, 2.75) is 13.8 Å². The second-order valence-electron chi connectivity index (χ2n) is 1.38. The zero-order valence-electron chi connectivity index (χ0n) is 6.01. The molecule has 0 unspecified atom stereocenters. The first-order valence-electron chi connectivity index (χ1n) is 3.01. The maximum atomic E-state index is 4.79. The molecule has 0 amide bonds. The molecule has 0 aliphatic rings. The van der Waals surface area contributed by atoms with Gasteiger partial charge in [-0.2, -0.15) is 0 Å². The Bertz CT molecular complexity index is 199. The predicted octanol–water partition coefficient (Wildman–Crippen LogP) is 2.11. The van der Waals surface area contributed by atoms with Gasteiger partial charge in [0.05, 0.1) is 0 Å². The molecule has 0 saturated heterocycles. The second kappa shape index (κ2) is 4.32. The van der Waals surface area contributed by atoms with Gasteiger partial charge < -0.3 is 9.55 Å². The first kappa shape index (κ1) is 8.43. The molecule has 1 rings (SSSR count). The van der Waals surface area contributed by atoms with Crippen LogP contribution in [0.2, 0.25) is 0 Å². The molecule has 1 aromatic rings. The SMILES string of the molecule is CC.Cn1cc[nH]c1=S. The summed E-state index contributed by atoms with van der Waals surface area (Å²) in [5.74, 6) is 0. The van der Waals surface area contributed by atoms with E-state index in [1.807, 2.05) is 37.9 Å². The average Bonchev–Trinajstić information content (AvgIpc) is 2.23. The Morgan fingerprint density at radius 3 is 2.22 bits per heavy atom. The fourth-order valence-corrected chi connectivity index (χ4v) is 0.519. The molecule has 0 aliphatic carbocycles. The van der Waals surface area contributed by atoms with E-state index in [1.54, 1.807) is 0 Å². The largest absolute Gasteiger partial charge is 0.337 e. The van der Waals surface area contributed by atoms with Crippen LogP contribution in [0.5, 0.6) is 0 Å². The van der Waals surface area contributed by atoms with Gasteiger partial charge in [-0.3, -0.25) is 0 Å². The number of rotatable bonds is 0. The molecule has 0 saturated carbocycles. The van der Waals surface area contributed by atoms with Crippen molar-refractivity contribution in [3.63, 3.8) is 0 Å². The van der Waals surface area contributed by atoms with Crippen LogP contribution in [0.25, 0.3) is 0 Å². The zero-order chi connectivity index (χ0) is 7.28. The normalized spacial score (nSPS) is 7.89. The van der Waals surface area contributed by atoms with Gasteiger partial charge in [-0.1, -0.05) is 13.8 Å². The lowest BCUT2D eigenvalue weighted by atomic mass is 10.9. The molecule has 52 valence electrons. The lowest BCUT2D eigenvalue weighted by Gasteiger charge is -1.79. The van der Waals surface area contributed by atoms with E-state index < -0.39 is 0 Å². The minimum absolute atomic E-state index is 0.764. The Morgan fingerprint density at radius 2 is 2.11 bits per heavy atom. The Labute approximate surface area is 60.5 Å². The van der Waals surface area contributed by atoms with Crippen molar-refractivity contribution < 1.29 is 0 Å². The molecule has 1 N–H and O–H groups in total. The molecule has 3 heteroatoms. The van der Waals surface area contributed by atoms with Crippen LogP contribution in [-0.4, -0.2) is 9.55 Å². The van der Waals surface area contributed by atoms with Crippen molar-refractivity contribution in [1.29, 1.82) is 0 Å². The van der Waals surface area contributed by atoms with Gasteiger partial charge in [0.15, 0.2) is 4.77 Å². The molecule has 9 heavy (non-hydrogen) atoms. The van der Waals surface area contributed by atoms with E-state index in [1.165, 1.54) is 0 Å². The van der Waals surface area contributed by atoms with Gasteiger partial charge in [0, 0.05) is 19.4 Å². The zero-order valence-corrected chi connectivity index (χ0v) is 6.83. The average molecular weight is 144 g/mol. The summed E-state index contributed by atoms with van der Waals surface area (Å²) in [4.78, 5) is 2.85. The molecular formula is C6H12N2S.